The summed E-state index contributed by atoms with van der Waals surface area (Å²) in [4.78, 5) is 0. The van der Waals surface area contributed by atoms with E-state index in [0.29, 0.717) is 11.2 Å². The lowest BCUT2D eigenvalue weighted by atomic mass is 9.71. The zero-order valence-corrected chi connectivity index (χ0v) is 12.3. The van der Waals surface area contributed by atoms with Crippen molar-refractivity contribution in [1.82, 2.24) is 10.2 Å². The third kappa shape index (κ3) is 2.58. The van der Waals surface area contributed by atoms with Crippen molar-refractivity contribution in [2.75, 3.05) is 5.73 Å². The number of nitrogen functional groups attached to an aromatic ring is 1. The quantitative estimate of drug-likeness (QED) is 0.852. The topological polar surface area (TPSA) is 54.7 Å². The van der Waals surface area contributed by atoms with E-state index in [-0.39, 0.29) is 0 Å². The second-order valence-electron chi connectivity index (χ2n) is 6.76. The summed E-state index contributed by atoms with van der Waals surface area (Å²) in [7, 11) is 0. The van der Waals surface area contributed by atoms with Crippen LogP contribution in [0.3, 0.4) is 0 Å². The van der Waals surface area contributed by atoms with Crippen molar-refractivity contribution in [3.05, 3.63) is 36.0 Å². The SMILES string of the molecule is CC1(C)CCC(c2ccc(-c3cn[nH]c3N)cc2)CC1. The molecule has 1 aromatic heterocycles. The minimum absolute atomic E-state index is 0.529. The molecule has 0 radical (unpaired) electrons. The normalized spacial score (nSPS) is 19.1. The highest BCUT2D eigenvalue weighted by Gasteiger charge is 2.27. The van der Waals surface area contributed by atoms with Gasteiger partial charge in [0, 0.05) is 5.56 Å². The minimum Gasteiger partial charge on any atom is -0.384 e. The monoisotopic (exact) mass is 269 g/mol. The Morgan fingerprint density at radius 1 is 1.15 bits per heavy atom. The van der Waals surface area contributed by atoms with Gasteiger partial charge in [0.1, 0.15) is 5.82 Å². The molecule has 1 aliphatic rings. The van der Waals surface area contributed by atoms with E-state index in [0.717, 1.165) is 17.0 Å². The van der Waals surface area contributed by atoms with Gasteiger partial charge in [0.25, 0.3) is 0 Å². The predicted molar refractivity (Wildman–Crippen MR) is 83.4 cm³/mol. The van der Waals surface area contributed by atoms with Gasteiger partial charge in [-0.05, 0) is 48.1 Å². The van der Waals surface area contributed by atoms with Gasteiger partial charge in [0.05, 0.1) is 6.20 Å². The van der Waals surface area contributed by atoms with Crippen molar-refractivity contribution in [2.24, 2.45) is 5.41 Å². The predicted octanol–water partition coefficient (Wildman–Crippen LogP) is 4.34. The van der Waals surface area contributed by atoms with Crippen molar-refractivity contribution >= 4 is 5.82 Å². The van der Waals surface area contributed by atoms with Crippen LogP contribution >= 0.6 is 0 Å². The standard InChI is InChI=1S/C17H23N3/c1-17(2)9-7-13(8-10-17)12-3-5-14(6-4-12)15-11-19-20-16(15)18/h3-6,11,13H,7-10H2,1-2H3,(H3,18,19,20). The molecule has 0 amide bonds. The molecule has 1 fully saturated rings. The molecule has 20 heavy (non-hydrogen) atoms. The van der Waals surface area contributed by atoms with E-state index in [9.17, 15) is 0 Å². The van der Waals surface area contributed by atoms with Crippen LogP contribution in [0.4, 0.5) is 5.82 Å². The number of hydrogen-bond donors (Lipinski definition) is 2. The zero-order valence-electron chi connectivity index (χ0n) is 12.3. The molecule has 0 atom stereocenters. The third-order valence-corrected chi connectivity index (χ3v) is 4.70. The maximum absolute atomic E-state index is 5.87. The fourth-order valence-electron chi connectivity index (χ4n) is 3.19. The molecule has 3 N–H and O–H groups in total. The Bertz CT molecular complexity index is 571. The summed E-state index contributed by atoms with van der Waals surface area (Å²) in [6, 6.07) is 8.84. The van der Waals surface area contributed by atoms with Crippen molar-refractivity contribution in [3.63, 3.8) is 0 Å². The maximum atomic E-state index is 5.87. The van der Waals surface area contributed by atoms with Gasteiger partial charge in [-0.2, -0.15) is 5.10 Å². The highest BCUT2D eigenvalue weighted by atomic mass is 15.1. The minimum atomic E-state index is 0.529. The van der Waals surface area contributed by atoms with Gasteiger partial charge in [0.2, 0.25) is 0 Å². The van der Waals surface area contributed by atoms with E-state index in [1.165, 1.54) is 31.2 Å². The smallest absolute Gasteiger partial charge is 0.126 e. The number of H-pyrrole nitrogens is 1. The maximum Gasteiger partial charge on any atom is 0.126 e. The van der Waals surface area contributed by atoms with Crippen LogP contribution in [-0.2, 0) is 0 Å². The Labute approximate surface area is 120 Å². The average Bonchev–Trinajstić information content (AvgIpc) is 2.85. The molecule has 0 aliphatic heterocycles. The van der Waals surface area contributed by atoms with Crippen LogP contribution in [0.2, 0.25) is 0 Å². The van der Waals surface area contributed by atoms with Crippen molar-refractivity contribution in [3.8, 4) is 11.1 Å². The van der Waals surface area contributed by atoms with E-state index < -0.39 is 0 Å². The van der Waals surface area contributed by atoms with E-state index in [2.05, 4.69) is 48.3 Å². The van der Waals surface area contributed by atoms with Crippen LogP contribution in [0.1, 0.15) is 51.0 Å². The fraction of sp³-hybridized carbons (Fsp3) is 0.471. The molecule has 3 nitrogen and oxygen atoms in total. The number of hydrogen-bond acceptors (Lipinski definition) is 2. The van der Waals surface area contributed by atoms with Crippen molar-refractivity contribution < 1.29 is 0 Å². The van der Waals surface area contributed by atoms with E-state index in [1.807, 2.05) is 0 Å². The summed E-state index contributed by atoms with van der Waals surface area (Å²) in [6.45, 7) is 4.77. The van der Waals surface area contributed by atoms with Gasteiger partial charge in [-0.15, -0.1) is 0 Å². The van der Waals surface area contributed by atoms with Crippen LogP contribution in [-0.4, -0.2) is 10.2 Å². The highest BCUT2D eigenvalue weighted by molar-refractivity contribution is 5.73. The summed E-state index contributed by atoms with van der Waals surface area (Å²) in [5.41, 5.74) is 9.98. The average molecular weight is 269 g/mol. The van der Waals surface area contributed by atoms with E-state index in [4.69, 9.17) is 5.73 Å². The van der Waals surface area contributed by atoms with Crippen LogP contribution in [0, 0.1) is 5.41 Å². The van der Waals surface area contributed by atoms with Gasteiger partial charge < -0.3 is 5.73 Å². The number of benzene rings is 1. The molecular formula is C17H23N3. The molecule has 1 aromatic carbocycles. The second kappa shape index (κ2) is 4.97. The van der Waals surface area contributed by atoms with Crippen LogP contribution < -0.4 is 5.73 Å². The summed E-state index contributed by atoms with van der Waals surface area (Å²) >= 11 is 0. The first-order chi connectivity index (χ1) is 9.55. The number of nitrogens with two attached hydrogens (primary N) is 1. The molecule has 0 spiro atoms. The van der Waals surface area contributed by atoms with Crippen LogP contribution in [0.25, 0.3) is 11.1 Å². The van der Waals surface area contributed by atoms with E-state index in [1.54, 1.807) is 6.20 Å². The number of nitrogens with zero attached hydrogens (tertiary/aromatic N) is 1. The molecule has 2 aromatic rings. The zero-order chi connectivity index (χ0) is 14.2. The second-order valence-corrected chi connectivity index (χ2v) is 6.76. The van der Waals surface area contributed by atoms with Gasteiger partial charge in [-0.25, -0.2) is 0 Å². The molecule has 0 unspecified atom stereocenters. The first-order valence-electron chi connectivity index (χ1n) is 7.44. The van der Waals surface area contributed by atoms with Crippen LogP contribution in [0.15, 0.2) is 30.5 Å². The molecule has 1 aliphatic carbocycles. The Morgan fingerprint density at radius 2 is 1.80 bits per heavy atom. The number of nitrogens with one attached hydrogen (secondary N) is 1. The Hall–Kier alpha value is -1.77. The number of aromatic amines is 1. The fourth-order valence-corrected chi connectivity index (χ4v) is 3.19. The van der Waals surface area contributed by atoms with Gasteiger partial charge in [-0.1, -0.05) is 38.1 Å². The highest BCUT2D eigenvalue weighted by Crippen LogP contribution is 2.42. The summed E-state index contributed by atoms with van der Waals surface area (Å²) in [5, 5.41) is 6.76. The van der Waals surface area contributed by atoms with Gasteiger partial charge in [0.15, 0.2) is 0 Å². The number of aromatic nitrogens is 2. The molecular weight excluding hydrogens is 246 g/mol. The Kier molecular flexibility index (Phi) is 3.28. The van der Waals surface area contributed by atoms with Crippen molar-refractivity contribution in [1.29, 1.82) is 0 Å². The molecule has 0 bridgehead atoms. The summed E-state index contributed by atoms with van der Waals surface area (Å²) in [5.74, 6) is 1.36. The van der Waals surface area contributed by atoms with Crippen molar-refractivity contribution in [2.45, 2.75) is 45.4 Å². The summed E-state index contributed by atoms with van der Waals surface area (Å²) in [6.07, 6.45) is 7.05. The molecule has 106 valence electrons. The first-order valence-corrected chi connectivity index (χ1v) is 7.44. The van der Waals surface area contributed by atoms with Crippen LogP contribution in [0.5, 0.6) is 0 Å². The van der Waals surface area contributed by atoms with Gasteiger partial charge in [-0.3, -0.25) is 5.10 Å². The molecule has 1 heterocycles. The lowest BCUT2D eigenvalue weighted by molar-refractivity contribution is 0.224. The van der Waals surface area contributed by atoms with E-state index >= 15 is 0 Å². The third-order valence-electron chi connectivity index (χ3n) is 4.70. The number of anilines is 1. The number of rotatable bonds is 2. The summed E-state index contributed by atoms with van der Waals surface area (Å²) < 4.78 is 0. The largest absolute Gasteiger partial charge is 0.384 e. The Morgan fingerprint density at radius 3 is 2.35 bits per heavy atom. The van der Waals surface area contributed by atoms with Gasteiger partial charge >= 0.3 is 0 Å². The molecule has 3 rings (SSSR count). The Balaban J connectivity index is 1.76. The lowest BCUT2D eigenvalue weighted by Crippen LogP contribution is -2.20. The first kappa shape index (κ1) is 13.2. The molecule has 1 saturated carbocycles. The lowest BCUT2D eigenvalue weighted by Gasteiger charge is -2.34. The molecule has 3 heteroatoms. The molecule has 0 saturated heterocycles.